The number of hydrogen-bond donors (Lipinski definition) is 3. The number of para-hydroxylation sites is 1. The number of esters is 1. The van der Waals surface area contributed by atoms with E-state index in [1.165, 1.54) is 7.11 Å². The summed E-state index contributed by atoms with van der Waals surface area (Å²) < 4.78 is 10.0. The molecule has 7 nitrogen and oxygen atoms in total. The lowest BCUT2D eigenvalue weighted by molar-refractivity contribution is -0.136. The maximum atomic E-state index is 11.5. The van der Waals surface area contributed by atoms with E-state index < -0.39 is 18.0 Å². The molecule has 0 fully saturated rings. The van der Waals surface area contributed by atoms with Gasteiger partial charge >= 0.3 is 11.9 Å². The van der Waals surface area contributed by atoms with Crippen molar-refractivity contribution < 1.29 is 29.3 Å². The van der Waals surface area contributed by atoms with Crippen LogP contribution >= 0.6 is 0 Å². The Bertz CT molecular complexity index is 476. The van der Waals surface area contributed by atoms with Crippen LogP contribution in [0.1, 0.15) is 16.8 Å². The van der Waals surface area contributed by atoms with E-state index in [1.807, 2.05) is 0 Å². The number of ether oxygens (including phenoxy) is 2. The second-order valence-electron chi connectivity index (χ2n) is 4.30. The highest BCUT2D eigenvalue weighted by atomic mass is 16.5. The molecule has 1 atom stereocenters. The summed E-state index contributed by atoms with van der Waals surface area (Å²) >= 11 is 0. The van der Waals surface area contributed by atoms with Crippen LogP contribution in [0.5, 0.6) is 5.75 Å². The Morgan fingerprint density at radius 2 is 2.05 bits per heavy atom. The van der Waals surface area contributed by atoms with Gasteiger partial charge in [-0.15, -0.1) is 0 Å². The van der Waals surface area contributed by atoms with Crippen molar-refractivity contribution in [2.24, 2.45) is 0 Å². The number of carboxylic acids is 1. The summed E-state index contributed by atoms with van der Waals surface area (Å²) in [6.45, 7) is 0.451. The van der Waals surface area contributed by atoms with Gasteiger partial charge in [0.1, 0.15) is 24.0 Å². The minimum Gasteiger partial charge on any atom is -0.490 e. The van der Waals surface area contributed by atoms with E-state index in [-0.39, 0.29) is 31.7 Å². The standard InChI is InChI=1S/C14H19NO6/c1-20-14(19)11-4-2-3-5-12(11)21-9-10(16)8-15-7-6-13(17)18/h2-5,10,15-16H,6-9H2,1H3,(H,17,18). The maximum absolute atomic E-state index is 11.5. The zero-order valence-corrected chi connectivity index (χ0v) is 11.7. The van der Waals surface area contributed by atoms with Crippen LogP contribution in [0.25, 0.3) is 0 Å². The van der Waals surface area contributed by atoms with Gasteiger partial charge in [-0.05, 0) is 12.1 Å². The van der Waals surface area contributed by atoms with Gasteiger partial charge in [0.05, 0.1) is 13.5 Å². The van der Waals surface area contributed by atoms with E-state index in [1.54, 1.807) is 24.3 Å². The van der Waals surface area contributed by atoms with Gasteiger partial charge in [0.2, 0.25) is 0 Å². The monoisotopic (exact) mass is 297 g/mol. The topological polar surface area (TPSA) is 105 Å². The number of rotatable bonds is 9. The minimum absolute atomic E-state index is 0.0151. The zero-order valence-electron chi connectivity index (χ0n) is 11.7. The van der Waals surface area contributed by atoms with Crippen molar-refractivity contribution in [3.63, 3.8) is 0 Å². The molecular weight excluding hydrogens is 278 g/mol. The molecule has 0 radical (unpaired) electrons. The molecule has 1 aromatic carbocycles. The van der Waals surface area contributed by atoms with Crippen LogP contribution in [0.3, 0.4) is 0 Å². The van der Waals surface area contributed by atoms with Crippen LogP contribution in [0, 0.1) is 0 Å². The third kappa shape index (κ3) is 6.24. The number of aliphatic hydroxyl groups excluding tert-OH is 1. The van der Waals surface area contributed by atoms with Crippen LogP contribution in [0.2, 0.25) is 0 Å². The van der Waals surface area contributed by atoms with Crippen molar-refractivity contribution in [1.29, 1.82) is 0 Å². The number of benzene rings is 1. The van der Waals surface area contributed by atoms with Crippen LogP contribution in [0.15, 0.2) is 24.3 Å². The van der Waals surface area contributed by atoms with Crippen molar-refractivity contribution >= 4 is 11.9 Å². The highest BCUT2D eigenvalue weighted by Gasteiger charge is 2.13. The number of aliphatic hydroxyl groups is 1. The lowest BCUT2D eigenvalue weighted by Gasteiger charge is -2.14. The van der Waals surface area contributed by atoms with Gasteiger partial charge in [0.25, 0.3) is 0 Å². The van der Waals surface area contributed by atoms with E-state index in [9.17, 15) is 14.7 Å². The number of carbonyl (C=O) groups excluding carboxylic acids is 1. The molecule has 0 aliphatic heterocycles. The third-order valence-electron chi connectivity index (χ3n) is 2.62. The Hall–Kier alpha value is -2.12. The average molecular weight is 297 g/mol. The lowest BCUT2D eigenvalue weighted by atomic mass is 10.2. The van der Waals surface area contributed by atoms with Gasteiger partial charge in [-0.25, -0.2) is 4.79 Å². The van der Waals surface area contributed by atoms with Crippen molar-refractivity contribution in [2.45, 2.75) is 12.5 Å². The summed E-state index contributed by atoms with van der Waals surface area (Å²) in [6.07, 6.45) is -0.830. The third-order valence-corrected chi connectivity index (χ3v) is 2.62. The molecule has 0 bridgehead atoms. The molecule has 21 heavy (non-hydrogen) atoms. The Balaban J connectivity index is 2.41. The zero-order chi connectivity index (χ0) is 15.7. The van der Waals surface area contributed by atoms with Crippen LogP contribution < -0.4 is 10.1 Å². The quantitative estimate of drug-likeness (QED) is 0.444. The lowest BCUT2D eigenvalue weighted by Crippen LogP contribution is -2.32. The van der Waals surface area contributed by atoms with E-state index >= 15 is 0 Å². The molecule has 0 spiro atoms. The Morgan fingerprint density at radius 3 is 2.71 bits per heavy atom. The smallest absolute Gasteiger partial charge is 0.341 e. The second kappa shape index (κ2) is 8.93. The number of aliphatic carboxylic acids is 1. The largest absolute Gasteiger partial charge is 0.490 e. The molecule has 1 unspecified atom stereocenters. The van der Waals surface area contributed by atoms with Crippen LogP contribution in [0.4, 0.5) is 0 Å². The maximum Gasteiger partial charge on any atom is 0.341 e. The van der Waals surface area contributed by atoms with Gasteiger partial charge < -0.3 is 25.0 Å². The summed E-state index contributed by atoms with van der Waals surface area (Å²) in [5.41, 5.74) is 0.283. The first-order valence-electron chi connectivity index (χ1n) is 6.45. The van der Waals surface area contributed by atoms with E-state index in [0.717, 1.165) is 0 Å². The van der Waals surface area contributed by atoms with Crippen LogP contribution in [-0.4, -0.2) is 55.1 Å². The summed E-state index contributed by atoms with van der Waals surface area (Å²) in [6, 6.07) is 6.57. The summed E-state index contributed by atoms with van der Waals surface area (Å²) in [7, 11) is 1.28. The summed E-state index contributed by atoms with van der Waals surface area (Å²) in [5.74, 6) is -1.09. The number of carbonyl (C=O) groups is 2. The van der Waals surface area contributed by atoms with Crippen molar-refractivity contribution in [2.75, 3.05) is 26.8 Å². The van der Waals surface area contributed by atoms with Crippen molar-refractivity contribution in [3.8, 4) is 5.75 Å². The first-order chi connectivity index (χ1) is 10.0. The molecule has 116 valence electrons. The molecule has 7 heteroatoms. The fourth-order valence-corrected chi connectivity index (χ4v) is 1.58. The van der Waals surface area contributed by atoms with E-state index in [2.05, 4.69) is 10.1 Å². The summed E-state index contributed by atoms with van der Waals surface area (Å²) in [4.78, 5) is 21.8. The van der Waals surface area contributed by atoms with E-state index in [4.69, 9.17) is 9.84 Å². The molecule has 0 aliphatic carbocycles. The fraction of sp³-hybridized carbons (Fsp3) is 0.429. The highest BCUT2D eigenvalue weighted by molar-refractivity contribution is 5.92. The van der Waals surface area contributed by atoms with Crippen molar-refractivity contribution in [1.82, 2.24) is 5.32 Å². The predicted octanol–water partition coefficient (Wildman–Crippen LogP) is 0.277. The number of methoxy groups -OCH3 is 1. The molecule has 0 saturated heterocycles. The first-order valence-corrected chi connectivity index (χ1v) is 6.45. The molecule has 0 heterocycles. The normalized spacial score (nSPS) is 11.7. The molecular formula is C14H19NO6. The minimum atomic E-state index is -0.903. The molecule has 0 aliphatic rings. The number of nitrogens with one attached hydrogen (secondary N) is 1. The SMILES string of the molecule is COC(=O)c1ccccc1OCC(O)CNCCC(=O)O. The highest BCUT2D eigenvalue weighted by Crippen LogP contribution is 2.18. The summed E-state index contributed by atoms with van der Waals surface area (Å²) in [5, 5.41) is 21.0. The molecule has 1 rings (SSSR count). The van der Waals surface area contributed by atoms with Gasteiger partial charge in [-0.1, -0.05) is 12.1 Å². The molecule has 3 N–H and O–H groups in total. The van der Waals surface area contributed by atoms with Crippen molar-refractivity contribution in [3.05, 3.63) is 29.8 Å². The fourth-order valence-electron chi connectivity index (χ4n) is 1.58. The van der Waals surface area contributed by atoms with Gasteiger partial charge in [-0.2, -0.15) is 0 Å². The first kappa shape index (κ1) is 16.9. The number of hydrogen-bond acceptors (Lipinski definition) is 6. The molecule has 0 aromatic heterocycles. The predicted molar refractivity (Wildman–Crippen MR) is 74.4 cm³/mol. The Labute approximate surface area is 122 Å². The van der Waals surface area contributed by atoms with Gasteiger partial charge in [0, 0.05) is 13.1 Å². The molecule has 1 aromatic rings. The van der Waals surface area contributed by atoms with Gasteiger partial charge in [-0.3, -0.25) is 4.79 Å². The Kier molecular flexibility index (Phi) is 7.20. The molecule has 0 amide bonds. The Morgan fingerprint density at radius 1 is 1.33 bits per heavy atom. The number of carboxylic acid groups (broad SMARTS) is 1. The molecule has 0 saturated carbocycles. The average Bonchev–Trinajstić information content (AvgIpc) is 2.48. The van der Waals surface area contributed by atoms with Gasteiger partial charge in [0.15, 0.2) is 0 Å². The van der Waals surface area contributed by atoms with Crippen LogP contribution in [-0.2, 0) is 9.53 Å². The second-order valence-corrected chi connectivity index (χ2v) is 4.30. The van der Waals surface area contributed by atoms with E-state index in [0.29, 0.717) is 5.75 Å².